The number of anilines is 1. The predicted molar refractivity (Wildman–Crippen MR) is 83.8 cm³/mol. The molecule has 0 aliphatic carbocycles. The molecule has 0 bridgehead atoms. The largest absolute Gasteiger partial charge is 0.328 e. The molecule has 0 atom stereocenters. The fourth-order valence-electron chi connectivity index (χ4n) is 2.60. The van der Waals surface area contributed by atoms with E-state index in [4.69, 9.17) is 0 Å². The Morgan fingerprint density at radius 3 is 2.40 bits per heavy atom. The van der Waals surface area contributed by atoms with Crippen LogP contribution in [0, 0.1) is 6.92 Å². The van der Waals surface area contributed by atoms with Crippen molar-refractivity contribution in [2.45, 2.75) is 6.92 Å². The van der Waals surface area contributed by atoms with E-state index in [1.807, 2.05) is 43.3 Å². The van der Waals surface area contributed by atoms with Crippen LogP contribution >= 0.6 is 0 Å². The highest BCUT2D eigenvalue weighted by Crippen LogP contribution is 2.35. The van der Waals surface area contributed by atoms with Gasteiger partial charge in [-0.15, -0.1) is 0 Å². The summed E-state index contributed by atoms with van der Waals surface area (Å²) in [5, 5.41) is 5.21. The van der Waals surface area contributed by atoms with Crippen molar-refractivity contribution in [2.75, 3.05) is 5.32 Å². The Labute approximate surface area is 118 Å². The summed E-state index contributed by atoms with van der Waals surface area (Å²) in [7, 11) is 0. The lowest BCUT2D eigenvalue weighted by molar-refractivity contribution is -0.105. The van der Waals surface area contributed by atoms with Gasteiger partial charge in [0.05, 0.1) is 5.69 Å². The Kier molecular flexibility index (Phi) is 3.21. The average Bonchev–Trinajstić information content (AvgIpc) is 2.49. The summed E-state index contributed by atoms with van der Waals surface area (Å²) in [6, 6.07) is 20.6. The summed E-state index contributed by atoms with van der Waals surface area (Å²) < 4.78 is 0. The van der Waals surface area contributed by atoms with Crippen molar-refractivity contribution in [3.63, 3.8) is 0 Å². The topological polar surface area (TPSA) is 29.1 Å². The van der Waals surface area contributed by atoms with Crippen molar-refractivity contribution >= 4 is 22.9 Å². The minimum atomic E-state index is 0.733. The highest BCUT2D eigenvalue weighted by atomic mass is 16.1. The van der Waals surface area contributed by atoms with Gasteiger partial charge < -0.3 is 5.32 Å². The van der Waals surface area contributed by atoms with Crippen molar-refractivity contribution in [2.24, 2.45) is 0 Å². The van der Waals surface area contributed by atoms with Crippen molar-refractivity contribution in [3.8, 4) is 11.1 Å². The molecule has 0 fully saturated rings. The molecule has 3 rings (SSSR count). The van der Waals surface area contributed by atoms with Crippen LogP contribution in [-0.4, -0.2) is 6.41 Å². The van der Waals surface area contributed by atoms with Gasteiger partial charge in [-0.1, -0.05) is 60.7 Å². The lowest BCUT2D eigenvalue weighted by Crippen LogP contribution is -1.99. The average molecular weight is 261 g/mol. The van der Waals surface area contributed by atoms with E-state index in [1.54, 1.807) is 0 Å². The summed E-state index contributed by atoms with van der Waals surface area (Å²) >= 11 is 0. The van der Waals surface area contributed by atoms with Gasteiger partial charge in [0.1, 0.15) is 0 Å². The zero-order valence-corrected chi connectivity index (χ0v) is 11.3. The number of fused-ring (bicyclic) bond motifs is 1. The van der Waals surface area contributed by atoms with Gasteiger partial charge >= 0.3 is 0 Å². The van der Waals surface area contributed by atoms with E-state index in [-0.39, 0.29) is 0 Å². The summed E-state index contributed by atoms with van der Waals surface area (Å²) in [6.45, 7) is 2.00. The minimum absolute atomic E-state index is 0.733. The van der Waals surface area contributed by atoms with Gasteiger partial charge in [0.25, 0.3) is 0 Å². The Hall–Kier alpha value is -2.61. The molecule has 2 nitrogen and oxygen atoms in total. The molecule has 0 aromatic heterocycles. The van der Waals surface area contributed by atoms with Crippen molar-refractivity contribution in [1.29, 1.82) is 0 Å². The molecule has 0 radical (unpaired) electrons. The van der Waals surface area contributed by atoms with Gasteiger partial charge in [-0.2, -0.15) is 0 Å². The molecule has 0 aliphatic rings. The van der Waals surface area contributed by atoms with Crippen LogP contribution in [0.25, 0.3) is 21.9 Å². The van der Waals surface area contributed by atoms with Crippen molar-refractivity contribution < 1.29 is 4.79 Å². The summed E-state index contributed by atoms with van der Waals surface area (Å²) in [4.78, 5) is 10.9. The summed E-state index contributed by atoms with van der Waals surface area (Å²) in [5.74, 6) is 0. The van der Waals surface area contributed by atoms with E-state index < -0.39 is 0 Å². The van der Waals surface area contributed by atoms with Crippen LogP contribution in [0.4, 0.5) is 5.69 Å². The van der Waals surface area contributed by atoms with Crippen molar-refractivity contribution in [3.05, 3.63) is 66.2 Å². The van der Waals surface area contributed by atoms with Gasteiger partial charge in [-0.05, 0) is 28.8 Å². The van der Waals surface area contributed by atoms with E-state index in [0.717, 1.165) is 28.8 Å². The highest BCUT2D eigenvalue weighted by molar-refractivity contribution is 6.01. The zero-order valence-electron chi connectivity index (χ0n) is 11.3. The molecule has 0 spiro atoms. The first-order valence-electron chi connectivity index (χ1n) is 6.59. The molecule has 1 N–H and O–H groups in total. The number of rotatable bonds is 3. The maximum absolute atomic E-state index is 10.9. The quantitative estimate of drug-likeness (QED) is 0.696. The molecule has 0 aliphatic heterocycles. The fraction of sp³-hybridized carbons (Fsp3) is 0.0556. The Morgan fingerprint density at radius 2 is 1.55 bits per heavy atom. The molecule has 3 aromatic carbocycles. The first-order chi connectivity index (χ1) is 9.81. The lowest BCUT2D eigenvalue weighted by atomic mass is 9.95. The van der Waals surface area contributed by atoms with Crippen LogP contribution in [0.5, 0.6) is 0 Å². The molecular weight excluding hydrogens is 246 g/mol. The second-order valence-electron chi connectivity index (χ2n) is 4.79. The first kappa shape index (κ1) is 12.4. The molecule has 2 heteroatoms. The van der Waals surface area contributed by atoms with Gasteiger partial charge in [0.15, 0.2) is 0 Å². The smallest absolute Gasteiger partial charge is 0.211 e. The van der Waals surface area contributed by atoms with E-state index in [0.29, 0.717) is 0 Å². The number of aryl methyl sites for hydroxylation is 1. The standard InChI is InChI=1S/C18H15NO/c1-13-6-4-11-17(18(13)19-12-20)16-10-5-8-14-7-2-3-9-15(14)16/h2-12H,1H3,(H,19,20). The first-order valence-corrected chi connectivity index (χ1v) is 6.59. The number of amides is 1. The number of para-hydroxylation sites is 1. The number of nitrogens with one attached hydrogen (secondary N) is 1. The van der Waals surface area contributed by atoms with Crippen LogP contribution in [0.3, 0.4) is 0 Å². The zero-order chi connectivity index (χ0) is 13.9. The molecule has 98 valence electrons. The lowest BCUT2D eigenvalue weighted by Gasteiger charge is -2.13. The summed E-state index contributed by atoms with van der Waals surface area (Å²) in [6.07, 6.45) is 0.733. The molecule has 20 heavy (non-hydrogen) atoms. The minimum Gasteiger partial charge on any atom is -0.328 e. The van der Waals surface area contributed by atoms with Gasteiger partial charge in [-0.3, -0.25) is 4.79 Å². The van der Waals surface area contributed by atoms with Crippen LogP contribution in [0.15, 0.2) is 60.7 Å². The molecule has 0 saturated carbocycles. The van der Waals surface area contributed by atoms with Gasteiger partial charge in [0, 0.05) is 5.56 Å². The van der Waals surface area contributed by atoms with Gasteiger partial charge in [-0.25, -0.2) is 0 Å². The van der Waals surface area contributed by atoms with E-state index >= 15 is 0 Å². The number of carbonyl (C=O) groups excluding carboxylic acids is 1. The Balaban J connectivity index is 2.31. The third kappa shape index (κ3) is 2.05. The molecule has 0 heterocycles. The second-order valence-corrected chi connectivity index (χ2v) is 4.79. The third-order valence-corrected chi connectivity index (χ3v) is 3.56. The van der Waals surface area contributed by atoms with Gasteiger partial charge in [0.2, 0.25) is 6.41 Å². The number of benzene rings is 3. The molecule has 0 saturated heterocycles. The maximum atomic E-state index is 10.9. The van der Waals surface area contributed by atoms with Crippen LogP contribution in [0.2, 0.25) is 0 Å². The molecular formula is C18H15NO. The second kappa shape index (κ2) is 5.17. The van der Waals surface area contributed by atoms with E-state index in [1.165, 1.54) is 10.8 Å². The van der Waals surface area contributed by atoms with E-state index in [9.17, 15) is 4.79 Å². The number of carbonyl (C=O) groups is 1. The molecule has 3 aromatic rings. The number of hydrogen-bond acceptors (Lipinski definition) is 1. The fourth-order valence-corrected chi connectivity index (χ4v) is 2.60. The highest BCUT2D eigenvalue weighted by Gasteiger charge is 2.09. The normalized spacial score (nSPS) is 10.4. The van der Waals surface area contributed by atoms with Crippen LogP contribution < -0.4 is 5.32 Å². The summed E-state index contributed by atoms with van der Waals surface area (Å²) in [5.41, 5.74) is 4.12. The monoisotopic (exact) mass is 261 g/mol. The molecule has 1 amide bonds. The Morgan fingerprint density at radius 1 is 0.850 bits per heavy atom. The van der Waals surface area contributed by atoms with Crippen LogP contribution in [-0.2, 0) is 4.79 Å². The predicted octanol–water partition coefficient (Wildman–Crippen LogP) is 4.38. The molecule has 0 unspecified atom stereocenters. The maximum Gasteiger partial charge on any atom is 0.211 e. The SMILES string of the molecule is Cc1cccc(-c2cccc3ccccc23)c1NC=O. The van der Waals surface area contributed by atoms with Crippen LogP contribution in [0.1, 0.15) is 5.56 Å². The number of hydrogen-bond donors (Lipinski definition) is 1. The van der Waals surface area contributed by atoms with E-state index in [2.05, 4.69) is 29.6 Å². The Bertz CT molecular complexity index is 772. The third-order valence-electron chi connectivity index (χ3n) is 3.56. The van der Waals surface area contributed by atoms with Crippen molar-refractivity contribution in [1.82, 2.24) is 0 Å².